The predicted molar refractivity (Wildman–Crippen MR) is 67.3 cm³/mol. The van der Waals surface area contributed by atoms with Gasteiger partial charge in [-0.15, -0.1) is 6.42 Å². The highest BCUT2D eigenvalue weighted by Gasteiger charge is 2.55. The summed E-state index contributed by atoms with van der Waals surface area (Å²) >= 11 is 0. The normalized spacial score (nSPS) is 38.2. The van der Waals surface area contributed by atoms with Crippen LogP contribution in [0.15, 0.2) is 29.7 Å². The molecule has 19 heavy (non-hydrogen) atoms. The molecule has 2 aliphatic rings. The van der Waals surface area contributed by atoms with Gasteiger partial charge in [0.2, 0.25) is 0 Å². The number of nitrogens with zero attached hydrogens (tertiary/aromatic N) is 2. The zero-order chi connectivity index (χ0) is 14.2. The average molecular weight is 265 g/mol. The highest BCUT2D eigenvalue weighted by atomic mass is 16.6. The third kappa shape index (κ3) is 2.01. The van der Waals surface area contributed by atoms with Crippen molar-refractivity contribution in [2.45, 2.75) is 24.0 Å². The van der Waals surface area contributed by atoms with E-state index in [1.54, 1.807) is 0 Å². The lowest BCUT2D eigenvalue weighted by atomic mass is 9.97. The van der Waals surface area contributed by atoms with Crippen LogP contribution in [0.4, 0.5) is 0 Å². The number of nitrogens with two attached hydrogens (primary N) is 1. The van der Waals surface area contributed by atoms with Gasteiger partial charge in [-0.25, -0.2) is 4.99 Å². The zero-order valence-electron chi connectivity index (χ0n) is 10.1. The van der Waals surface area contributed by atoms with Crippen LogP contribution in [0.25, 0.3) is 0 Å². The summed E-state index contributed by atoms with van der Waals surface area (Å²) in [6, 6.07) is 0. The van der Waals surface area contributed by atoms with E-state index in [0.29, 0.717) is 0 Å². The van der Waals surface area contributed by atoms with Crippen molar-refractivity contribution < 1.29 is 20.1 Å². The standard InChI is InChI=1S/C12H15N3O4/c1-3-12(6-16)10(18)9(17)11(19-12)15-5-4-8(13)14-7(15)2/h1,4-5,9-11,16-18H,2,6H2,(H2,13,14)/t9-,10+,11-,12-/m1/s1. The minimum atomic E-state index is -1.65. The Morgan fingerprint density at radius 2 is 2.32 bits per heavy atom. The van der Waals surface area contributed by atoms with Crippen molar-refractivity contribution in [1.29, 1.82) is 0 Å². The lowest BCUT2D eigenvalue weighted by Crippen LogP contribution is -2.45. The molecule has 2 rings (SSSR count). The van der Waals surface area contributed by atoms with Crippen molar-refractivity contribution in [3.8, 4) is 12.3 Å². The van der Waals surface area contributed by atoms with Crippen molar-refractivity contribution in [1.82, 2.24) is 4.90 Å². The van der Waals surface area contributed by atoms with E-state index in [-0.39, 0.29) is 11.7 Å². The molecule has 0 radical (unpaired) electrons. The molecule has 0 amide bonds. The third-order valence-corrected chi connectivity index (χ3v) is 3.14. The summed E-state index contributed by atoms with van der Waals surface area (Å²) in [5.74, 6) is 2.68. The van der Waals surface area contributed by atoms with E-state index in [4.69, 9.17) is 16.9 Å². The molecule has 4 atom stereocenters. The molecule has 1 saturated heterocycles. The third-order valence-electron chi connectivity index (χ3n) is 3.14. The number of ether oxygens (including phenoxy) is 1. The quantitative estimate of drug-likeness (QED) is 0.433. The van der Waals surface area contributed by atoms with Crippen molar-refractivity contribution >= 4 is 5.84 Å². The van der Waals surface area contributed by atoms with Gasteiger partial charge in [-0.3, -0.25) is 0 Å². The molecule has 7 heteroatoms. The van der Waals surface area contributed by atoms with Gasteiger partial charge in [-0.1, -0.05) is 12.5 Å². The summed E-state index contributed by atoms with van der Waals surface area (Å²) in [4.78, 5) is 5.31. The Balaban J connectivity index is 2.27. The topological polar surface area (TPSA) is 112 Å². The van der Waals surface area contributed by atoms with E-state index in [2.05, 4.69) is 17.5 Å². The molecule has 0 saturated carbocycles. The first-order valence-corrected chi connectivity index (χ1v) is 5.57. The number of aliphatic imine (C=N–C) groups is 1. The number of terminal acetylenes is 1. The lowest BCUT2D eigenvalue weighted by molar-refractivity contribution is -0.102. The molecule has 0 bridgehead atoms. The average Bonchev–Trinajstić information content (AvgIpc) is 2.64. The van der Waals surface area contributed by atoms with Gasteiger partial charge in [-0.2, -0.15) is 0 Å². The van der Waals surface area contributed by atoms with Crippen LogP contribution in [-0.2, 0) is 4.74 Å². The fraction of sp³-hybridized carbons (Fsp3) is 0.417. The van der Waals surface area contributed by atoms with Gasteiger partial charge in [-0.05, 0) is 6.08 Å². The molecular weight excluding hydrogens is 250 g/mol. The summed E-state index contributed by atoms with van der Waals surface area (Å²) in [6.45, 7) is 3.05. The molecule has 0 aromatic rings. The fourth-order valence-corrected chi connectivity index (χ4v) is 2.02. The molecular formula is C12H15N3O4. The lowest BCUT2D eigenvalue weighted by Gasteiger charge is -2.31. The van der Waals surface area contributed by atoms with Crippen molar-refractivity contribution in [2.24, 2.45) is 10.7 Å². The van der Waals surface area contributed by atoms with E-state index < -0.39 is 30.6 Å². The van der Waals surface area contributed by atoms with Gasteiger partial charge < -0.3 is 30.7 Å². The Morgan fingerprint density at radius 3 is 2.79 bits per heavy atom. The maximum Gasteiger partial charge on any atom is 0.182 e. The second-order valence-corrected chi connectivity index (χ2v) is 4.31. The first-order valence-electron chi connectivity index (χ1n) is 5.57. The first-order chi connectivity index (χ1) is 8.95. The Kier molecular flexibility index (Phi) is 3.34. The van der Waals surface area contributed by atoms with Crippen molar-refractivity contribution in [3.05, 3.63) is 24.7 Å². The summed E-state index contributed by atoms with van der Waals surface area (Å²) in [5.41, 5.74) is 3.86. The summed E-state index contributed by atoms with van der Waals surface area (Å²) in [5, 5.41) is 29.2. The molecule has 5 N–H and O–H groups in total. The largest absolute Gasteiger partial charge is 0.392 e. The van der Waals surface area contributed by atoms with Crippen LogP contribution in [0.3, 0.4) is 0 Å². The van der Waals surface area contributed by atoms with Crippen molar-refractivity contribution in [2.75, 3.05) is 6.61 Å². The minimum Gasteiger partial charge on any atom is -0.392 e. The number of aliphatic hydroxyl groups is 3. The van der Waals surface area contributed by atoms with Crippen LogP contribution in [0.2, 0.25) is 0 Å². The van der Waals surface area contributed by atoms with E-state index in [1.807, 2.05) is 0 Å². The molecule has 2 aliphatic heterocycles. The molecule has 0 aliphatic carbocycles. The van der Waals surface area contributed by atoms with Crippen LogP contribution < -0.4 is 5.73 Å². The van der Waals surface area contributed by atoms with E-state index in [1.165, 1.54) is 17.2 Å². The Bertz CT molecular complexity index is 496. The van der Waals surface area contributed by atoms with Gasteiger partial charge in [0.05, 0.1) is 6.61 Å². The molecule has 102 valence electrons. The van der Waals surface area contributed by atoms with Gasteiger partial charge >= 0.3 is 0 Å². The minimum absolute atomic E-state index is 0.238. The first kappa shape index (κ1) is 13.6. The molecule has 0 unspecified atom stereocenters. The van der Waals surface area contributed by atoms with Crippen LogP contribution >= 0.6 is 0 Å². The van der Waals surface area contributed by atoms with Crippen molar-refractivity contribution in [3.63, 3.8) is 0 Å². The number of aliphatic hydroxyl groups excluding tert-OH is 3. The maximum absolute atomic E-state index is 10.0. The van der Waals surface area contributed by atoms with Gasteiger partial charge in [0.25, 0.3) is 0 Å². The SMILES string of the molecule is C#C[C@]1(CO)O[C@@H](N2C=CC(N)=NC2=C)[C@H](O)[C@@H]1O. The number of rotatable bonds is 2. The molecule has 7 nitrogen and oxygen atoms in total. The zero-order valence-corrected chi connectivity index (χ0v) is 10.1. The Labute approximate surface area is 110 Å². The molecule has 0 aromatic carbocycles. The second-order valence-electron chi connectivity index (χ2n) is 4.31. The highest BCUT2D eigenvalue weighted by molar-refractivity contribution is 5.92. The highest BCUT2D eigenvalue weighted by Crippen LogP contribution is 2.34. The van der Waals surface area contributed by atoms with Crippen LogP contribution in [0, 0.1) is 12.3 Å². The number of hydrogen-bond acceptors (Lipinski definition) is 7. The van der Waals surface area contributed by atoms with Crippen LogP contribution in [-0.4, -0.2) is 56.7 Å². The fourth-order valence-electron chi connectivity index (χ4n) is 2.02. The smallest absolute Gasteiger partial charge is 0.182 e. The maximum atomic E-state index is 10.0. The number of amidine groups is 1. The van der Waals surface area contributed by atoms with Crippen LogP contribution in [0.1, 0.15) is 0 Å². The molecule has 0 spiro atoms. The molecule has 1 fully saturated rings. The summed E-state index contributed by atoms with van der Waals surface area (Å²) in [7, 11) is 0. The monoisotopic (exact) mass is 265 g/mol. The Hall–Kier alpha value is -1.85. The predicted octanol–water partition coefficient (Wildman–Crippen LogP) is -1.91. The van der Waals surface area contributed by atoms with E-state index in [9.17, 15) is 15.3 Å². The van der Waals surface area contributed by atoms with Gasteiger partial charge in [0.1, 0.15) is 23.9 Å². The van der Waals surface area contributed by atoms with E-state index >= 15 is 0 Å². The van der Waals surface area contributed by atoms with E-state index in [0.717, 1.165) is 0 Å². The summed E-state index contributed by atoms with van der Waals surface area (Å²) in [6.07, 6.45) is 4.53. The second kappa shape index (κ2) is 4.68. The summed E-state index contributed by atoms with van der Waals surface area (Å²) < 4.78 is 5.43. The van der Waals surface area contributed by atoms with Gasteiger partial charge in [0.15, 0.2) is 11.8 Å². The van der Waals surface area contributed by atoms with Gasteiger partial charge in [0, 0.05) is 6.20 Å². The number of hydrogen-bond donors (Lipinski definition) is 4. The van der Waals surface area contributed by atoms with Crippen LogP contribution in [0.5, 0.6) is 0 Å². The Morgan fingerprint density at radius 1 is 1.63 bits per heavy atom. The molecule has 2 heterocycles. The molecule has 0 aromatic heterocycles.